The molecule has 7 nitrogen and oxygen atoms in total. The van der Waals surface area contributed by atoms with Gasteiger partial charge in [-0.25, -0.2) is 0 Å². The quantitative estimate of drug-likeness (QED) is 0.731. The highest BCUT2D eigenvalue weighted by Gasteiger charge is 2.35. The molecule has 1 heterocycles. The number of benzene rings is 2. The van der Waals surface area contributed by atoms with Crippen LogP contribution in [0.2, 0.25) is 0 Å². The van der Waals surface area contributed by atoms with Gasteiger partial charge in [-0.15, -0.1) is 0 Å². The Labute approximate surface area is 132 Å². The minimum atomic E-state index is -3.73. The van der Waals surface area contributed by atoms with Crippen molar-refractivity contribution in [2.45, 2.75) is 6.92 Å². The molecule has 0 unspecified atom stereocenters. The van der Waals surface area contributed by atoms with E-state index in [1.54, 1.807) is 25.1 Å². The Morgan fingerprint density at radius 2 is 1.87 bits per heavy atom. The maximum absolute atomic E-state index is 12.9. The third kappa shape index (κ3) is 2.20. The van der Waals surface area contributed by atoms with Gasteiger partial charge in [-0.05, 0) is 25.1 Å². The molecule has 0 radical (unpaired) electrons. The molecule has 3 aromatic rings. The van der Waals surface area contributed by atoms with E-state index in [1.165, 1.54) is 21.3 Å². The SMILES string of the molecule is COc1ccc2c(c1)c(O)c(P(=O)(OC)OC)c1c(C)noc12. The number of aromatic hydroxyl groups is 1. The number of phenols is 1. The normalized spacial score (nSPS) is 12.2. The molecule has 0 aliphatic carbocycles. The highest BCUT2D eigenvalue weighted by molar-refractivity contribution is 7.63. The van der Waals surface area contributed by atoms with Crippen LogP contribution in [0.4, 0.5) is 0 Å². The Hall–Kier alpha value is -2.08. The van der Waals surface area contributed by atoms with E-state index < -0.39 is 7.60 Å². The molecular weight excluding hydrogens is 321 g/mol. The number of rotatable bonds is 4. The summed E-state index contributed by atoms with van der Waals surface area (Å²) in [6, 6.07) is 5.11. The maximum atomic E-state index is 12.9. The number of ether oxygens (including phenoxy) is 1. The van der Waals surface area contributed by atoms with E-state index in [9.17, 15) is 9.67 Å². The molecule has 0 atom stereocenters. The predicted octanol–water partition coefficient (Wildman–Crippen LogP) is 3.11. The molecule has 0 saturated carbocycles. The summed E-state index contributed by atoms with van der Waals surface area (Å²) >= 11 is 0. The Kier molecular flexibility index (Phi) is 3.80. The van der Waals surface area contributed by atoms with E-state index in [0.717, 1.165) is 0 Å². The van der Waals surface area contributed by atoms with Gasteiger partial charge in [-0.2, -0.15) is 0 Å². The molecule has 0 fully saturated rings. The minimum absolute atomic E-state index is 0.0389. The number of hydrogen-bond acceptors (Lipinski definition) is 7. The summed E-state index contributed by atoms with van der Waals surface area (Å²) in [6.07, 6.45) is 0. The number of nitrogens with zero attached hydrogens (tertiary/aromatic N) is 1. The molecule has 0 spiro atoms. The standard InChI is InChI=1S/C15H16NO6P/c1-8-12-14(22-16-8)10-6-5-9(19-2)7-11(10)13(17)15(12)23(18,20-3)21-4/h5-7,17H,1-4H3. The van der Waals surface area contributed by atoms with Crippen molar-refractivity contribution in [2.24, 2.45) is 0 Å². The lowest BCUT2D eigenvalue weighted by Gasteiger charge is -2.17. The van der Waals surface area contributed by atoms with Crippen LogP contribution in [-0.2, 0) is 13.6 Å². The van der Waals surface area contributed by atoms with Crippen LogP contribution in [0.1, 0.15) is 5.69 Å². The Morgan fingerprint density at radius 3 is 2.48 bits per heavy atom. The smallest absolute Gasteiger partial charge is 0.365 e. The van der Waals surface area contributed by atoms with Crippen molar-refractivity contribution in [3.63, 3.8) is 0 Å². The zero-order valence-electron chi connectivity index (χ0n) is 13.1. The van der Waals surface area contributed by atoms with Crippen molar-refractivity contribution in [3.05, 3.63) is 23.9 Å². The molecule has 0 aliphatic rings. The van der Waals surface area contributed by atoms with Gasteiger partial charge in [0.15, 0.2) is 5.58 Å². The molecule has 1 aromatic heterocycles. The van der Waals surface area contributed by atoms with Crippen LogP contribution in [0, 0.1) is 6.92 Å². The number of fused-ring (bicyclic) bond motifs is 3. The molecule has 2 aromatic carbocycles. The van der Waals surface area contributed by atoms with Crippen LogP contribution in [0.5, 0.6) is 11.5 Å². The van der Waals surface area contributed by atoms with Gasteiger partial charge in [-0.3, -0.25) is 4.57 Å². The van der Waals surface area contributed by atoms with E-state index in [4.69, 9.17) is 18.3 Å². The van der Waals surface area contributed by atoms with Crippen LogP contribution in [-0.4, -0.2) is 31.6 Å². The Balaban J connectivity index is 2.57. The Bertz CT molecular complexity index is 940. The van der Waals surface area contributed by atoms with Crippen molar-refractivity contribution in [1.29, 1.82) is 0 Å². The second-order valence-corrected chi connectivity index (χ2v) is 7.12. The van der Waals surface area contributed by atoms with Crippen LogP contribution in [0.3, 0.4) is 0 Å². The van der Waals surface area contributed by atoms with Crippen LogP contribution in [0.25, 0.3) is 21.7 Å². The van der Waals surface area contributed by atoms with Gasteiger partial charge >= 0.3 is 7.60 Å². The van der Waals surface area contributed by atoms with Gasteiger partial charge < -0.3 is 23.4 Å². The van der Waals surface area contributed by atoms with Crippen molar-refractivity contribution in [3.8, 4) is 11.5 Å². The molecule has 8 heteroatoms. The van der Waals surface area contributed by atoms with Crippen molar-refractivity contribution < 1.29 is 28.0 Å². The average Bonchev–Trinajstić information content (AvgIpc) is 2.96. The zero-order valence-corrected chi connectivity index (χ0v) is 14.0. The molecule has 0 saturated heterocycles. The molecule has 0 bridgehead atoms. The van der Waals surface area contributed by atoms with Gasteiger partial charge in [0, 0.05) is 25.0 Å². The topological polar surface area (TPSA) is 91.0 Å². The first-order chi connectivity index (χ1) is 11.0. The molecule has 122 valence electrons. The highest BCUT2D eigenvalue weighted by Crippen LogP contribution is 2.52. The molecule has 1 N–H and O–H groups in total. The third-order valence-electron chi connectivity index (χ3n) is 3.80. The molecule has 0 aliphatic heterocycles. The summed E-state index contributed by atoms with van der Waals surface area (Å²) in [5.41, 5.74) is 0.889. The van der Waals surface area contributed by atoms with Crippen LogP contribution < -0.4 is 10.0 Å². The highest BCUT2D eigenvalue weighted by atomic mass is 31.2. The minimum Gasteiger partial charge on any atom is -0.506 e. The number of aromatic nitrogens is 1. The average molecular weight is 337 g/mol. The fourth-order valence-electron chi connectivity index (χ4n) is 2.65. The Morgan fingerprint density at radius 1 is 1.17 bits per heavy atom. The largest absolute Gasteiger partial charge is 0.506 e. The van der Waals surface area contributed by atoms with E-state index in [1.807, 2.05) is 0 Å². The lowest BCUT2D eigenvalue weighted by atomic mass is 10.1. The maximum Gasteiger partial charge on any atom is 0.365 e. The summed E-state index contributed by atoms with van der Waals surface area (Å²) in [6.45, 7) is 1.69. The van der Waals surface area contributed by atoms with E-state index in [-0.39, 0.29) is 11.1 Å². The van der Waals surface area contributed by atoms with Crippen molar-refractivity contribution >= 4 is 34.6 Å². The van der Waals surface area contributed by atoms with Crippen molar-refractivity contribution in [1.82, 2.24) is 5.16 Å². The summed E-state index contributed by atoms with van der Waals surface area (Å²) in [7, 11) is 0.306. The van der Waals surface area contributed by atoms with E-state index in [0.29, 0.717) is 33.2 Å². The van der Waals surface area contributed by atoms with Gasteiger partial charge in [0.1, 0.15) is 16.8 Å². The number of phenolic OH excluding ortho intramolecular Hbond substituents is 1. The molecular formula is C15H16NO6P. The van der Waals surface area contributed by atoms with E-state index >= 15 is 0 Å². The summed E-state index contributed by atoms with van der Waals surface area (Å²) < 4.78 is 33.6. The van der Waals surface area contributed by atoms with Gasteiger partial charge in [0.25, 0.3) is 0 Å². The molecule has 3 rings (SSSR count). The third-order valence-corrected chi connectivity index (χ3v) is 5.75. The van der Waals surface area contributed by atoms with Gasteiger partial charge in [-0.1, -0.05) is 5.16 Å². The lowest BCUT2D eigenvalue weighted by Crippen LogP contribution is -2.11. The second kappa shape index (κ2) is 5.53. The predicted molar refractivity (Wildman–Crippen MR) is 85.7 cm³/mol. The van der Waals surface area contributed by atoms with Crippen LogP contribution in [0.15, 0.2) is 22.7 Å². The lowest BCUT2D eigenvalue weighted by molar-refractivity contribution is 0.286. The van der Waals surface area contributed by atoms with Gasteiger partial charge in [0.2, 0.25) is 0 Å². The number of hydrogen-bond donors (Lipinski definition) is 1. The zero-order chi connectivity index (χ0) is 16.8. The van der Waals surface area contributed by atoms with Gasteiger partial charge in [0.05, 0.1) is 18.2 Å². The monoisotopic (exact) mass is 337 g/mol. The summed E-state index contributed by atoms with van der Waals surface area (Å²) in [4.78, 5) is 0. The molecule has 0 amide bonds. The number of methoxy groups -OCH3 is 1. The summed E-state index contributed by atoms with van der Waals surface area (Å²) in [5, 5.41) is 16.2. The fraction of sp³-hybridized carbons (Fsp3) is 0.267. The molecule has 23 heavy (non-hydrogen) atoms. The second-order valence-electron chi connectivity index (χ2n) is 4.94. The van der Waals surface area contributed by atoms with Crippen molar-refractivity contribution in [2.75, 3.05) is 21.3 Å². The number of aryl methyl sites for hydroxylation is 1. The summed E-state index contributed by atoms with van der Waals surface area (Å²) in [5.74, 6) is 0.337. The van der Waals surface area contributed by atoms with E-state index in [2.05, 4.69) is 5.16 Å². The first kappa shape index (κ1) is 15.8. The van der Waals surface area contributed by atoms with Crippen LogP contribution >= 0.6 is 7.60 Å². The first-order valence-electron chi connectivity index (χ1n) is 6.77. The fourth-order valence-corrected chi connectivity index (χ4v) is 4.08. The first-order valence-corrected chi connectivity index (χ1v) is 8.31.